The van der Waals surface area contributed by atoms with Crippen LogP contribution < -0.4 is 5.32 Å². The lowest BCUT2D eigenvalue weighted by molar-refractivity contribution is 0.426. The van der Waals surface area contributed by atoms with E-state index in [4.69, 9.17) is 6.42 Å². The molecule has 0 radical (unpaired) electrons. The summed E-state index contributed by atoms with van der Waals surface area (Å²) in [6, 6.07) is 0.292. The molecule has 58 valence electrons. The van der Waals surface area contributed by atoms with E-state index in [0.717, 1.165) is 6.42 Å². The van der Waals surface area contributed by atoms with Gasteiger partial charge in [-0.2, -0.15) is 0 Å². The number of nitrogens with one attached hydrogen (secondary N) is 1. The Kier molecular flexibility index (Phi) is 6.21. The molecule has 0 aromatic rings. The number of terminal acetylenes is 1. The van der Waals surface area contributed by atoms with Crippen LogP contribution in [0, 0.1) is 12.3 Å². The molecular weight excluding hydrogens is 129 g/mol. The van der Waals surface area contributed by atoms with Crippen LogP contribution in [-0.2, 0) is 0 Å². The van der Waals surface area contributed by atoms with Gasteiger partial charge in [0, 0.05) is 19.0 Å². The largest absolute Gasteiger partial charge is 0.310 e. The molecule has 2 heteroatoms. The van der Waals surface area contributed by atoms with Gasteiger partial charge in [0.2, 0.25) is 0 Å². The highest BCUT2D eigenvalue weighted by Crippen LogP contribution is 1.94. The van der Waals surface area contributed by atoms with Crippen LogP contribution in [0.4, 0.5) is 4.39 Å². The van der Waals surface area contributed by atoms with Crippen LogP contribution in [-0.4, -0.2) is 19.3 Å². The van der Waals surface area contributed by atoms with Gasteiger partial charge in [0.1, 0.15) is 6.67 Å². The van der Waals surface area contributed by atoms with Gasteiger partial charge < -0.3 is 5.32 Å². The van der Waals surface area contributed by atoms with Crippen LogP contribution in [0.5, 0.6) is 0 Å². The van der Waals surface area contributed by atoms with E-state index in [-0.39, 0.29) is 6.67 Å². The average molecular weight is 143 g/mol. The van der Waals surface area contributed by atoms with Gasteiger partial charge in [0.25, 0.3) is 0 Å². The summed E-state index contributed by atoms with van der Waals surface area (Å²) in [6.45, 7) is 2.13. The first-order valence-corrected chi connectivity index (χ1v) is 3.58. The molecule has 1 N–H and O–H groups in total. The second-order valence-electron chi connectivity index (χ2n) is 2.16. The Morgan fingerprint density at radius 2 is 2.40 bits per heavy atom. The van der Waals surface area contributed by atoms with Gasteiger partial charge >= 0.3 is 0 Å². The third-order valence-electron chi connectivity index (χ3n) is 1.38. The summed E-state index contributed by atoms with van der Waals surface area (Å²) in [5.41, 5.74) is 0. The van der Waals surface area contributed by atoms with E-state index in [1.165, 1.54) is 0 Å². The molecule has 1 unspecified atom stereocenters. The summed E-state index contributed by atoms with van der Waals surface area (Å²) < 4.78 is 11.6. The predicted octanol–water partition coefficient (Wildman–Crippen LogP) is 1.35. The first-order valence-electron chi connectivity index (χ1n) is 3.58. The molecule has 0 saturated carbocycles. The molecule has 1 nitrogen and oxygen atoms in total. The Balaban J connectivity index is 3.32. The fraction of sp³-hybridized carbons (Fsp3) is 0.750. The van der Waals surface area contributed by atoms with Crippen molar-refractivity contribution < 1.29 is 4.39 Å². The zero-order valence-corrected chi connectivity index (χ0v) is 6.36. The standard InChI is InChI=1S/C8H14FN/c1-3-5-8(4-2)10-7-6-9/h1,8,10H,4-7H2,2H3. The Hall–Kier alpha value is -0.550. The SMILES string of the molecule is C#CCC(CC)NCCF. The van der Waals surface area contributed by atoms with E-state index >= 15 is 0 Å². The average Bonchev–Trinajstić information content (AvgIpc) is 1.98. The number of hydrogen-bond donors (Lipinski definition) is 1. The van der Waals surface area contributed by atoms with Crippen molar-refractivity contribution in [2.75, 3.05) is 13.2 Å². The molecular formula is C8H14FN. The Bertz CT molecular complexity index is 106. The zero-order valence-electron chi connectivity index (χ0n) is 6.36. The van der Waals surface area contributed by atoms with E-state index in [9.17, 15) is 4.39 Å². The number of rotatable bonds is 5. The number of alkyl halides is 1. The summed E-state index contributed by atoms with van der Waals surface area (Å²) >= 11 is 0. The van der Waals surface area contributed by atoms with Crippen LogP contribution in [0.25, 0.3) is 0 Å². The van der Waals surface area contributed by atoms with E-state index in [1.807, 2.05) is 6.92 Å². The van der Waals surface area contributed by atoms with Crippen LogP contribution in [0.15, 0.2) is 0 Å². The van der Waals surface area contributed by atoms with Gasteiger partial charge in [-0.1, -0.05) is 6.92 Å². The van der Waals surface area contributed by atoms with E-state index in [0.29, 0.717) is 19.0 Å². The highest BCUT2D eigenvalue weighted by molar-refractivity contribution is 4.89. The van der Waals surface area contributed by atoms with Crippen LogP contribution >= 0.6 is 0 Å². The molecule has 0 aliphatic carbocycles. The molecule has 10 heavy (non-hydrogen) atoms. The second kappa shape index (κ2) is 6.57. The van der Waals surface area contributed by atoms with E-state index in [1.54, 1.807) is 0 Å². The van der Waals surface area contributed by atoms with Crippen LogP contribution in [0.3, 0.4) is 0 Å². The van der Waals surface area contributed by atoms with E-state index in [2.05, 4.69) is 11.2 Å². The quantitative estimate of drug-likeness (QED) is 0.573. The maximum atomic E-state index is 11.6. The highest BCUT2D eigenvalue weighted by atomic mass is 19.1. The monoisotopic (exact) mass is 143 g/mol. The molecule has 0 aromatic carbocycles. The smallest absolute Gasteiger partial charge is 0.102 e. The topological polar surface area (TPSA) is 12.0 Å². The second-order valence-corrected chi connectivity index (χ2v) is 2.16. The normalized spacial score (nSPS) is 12.5. The maximum absolute atomic E-state index is 11.6. The molecule has 0 heterocycles. The highest BCUT2D eigenvalue weighted by Gasteiger charge is 2.00. The number of halogens is 1. The van der Waals surface area contributed by atoms with Crippen molar-refractivity contribution in [3.8, 4) is 12.3 Å². The van der Waals surface area contributed by atoms with Crippen LogP contribution in [0.2, 0.25) is 0 Å². The molecule has 0 spiro atoms. The molecule has 1 atom stereocenters. The van der Waals surface area contributed by atoms with Crippen molar-refractivity contribution in [1.29, 1.82) is 0 Å². The minimum Gasteiger partial charge on any atom is -0.310 e. The summed E-state index contributed by atoms with van der Waals surface area (Å²) in [5.74, 6) is 2.54. The maximum Gasteiger partial charge on any atom is 0.102 e. The zero-order chi connectivity index (χ0) is 7.82. The lowest BCUT2D eigenvalue weighted by atomic mass is 10.1. The van der Waals surface area contributed by atoms with Gasteiger partial charge in [-0.25, -0.2) is 4.39 Å². The summed E-state index contributed by atoms with van der Waals surface area (Å²) in [7, 11) is 0. The van der Waals surface area contributed by atoms with Gasteiger partial charge in [0.05, 0.1) is 0 Å². The van der Waals surface area contributed by atoms with Crippen LogP contribution in [0.1, 0.15) is 19.8 Å². The van der Waals surface area contributed by atoms with Crippen molar-refractivity contribution >= 4 is 0 Å². The summed E-state index contributed by atoms with van der Waals surface area (Å²) in [5, 5.41) is 3.00. The van der Waals surface area contributed by atoms with E-state index < -0.39 is 0 Å². The molecule has 0 aliphatic rings. The van der Waals surface area contributed by atoms with Gasteiger partial charge in [0.15, 0.2) is 0 Å². The van der Waals surface area contributed by atoms with Crippen molar-refractivity contribution in [2.45, 2.75) is 25.8 Å². The first kappa shape index (κ1) is 9.45. The van der Waals surface area contributed by atoms with Crippen molar-refractivity contribution in [3.05, 3.63) is 0 Å². The first-order chi connectivity index (χ1) is 4.85. The Morgan fingerprint density at radius 1 is 1.70 bits per heavy atom. The molecule has 0 saturated heterocycles. The van der Waals surface area contributed by atoms with Crippen molar-refractivity contribution in [2.24, 2.45) is 0 Å². The van der Waals surface area contributed by atoms with Gasteiger partial charge in [-0.05, 0) is 6.42 Å². The summed E-state index contributed by atoms with van der Waals surface area (Å²) in [4.78, 5) is 0. The molecule has 0 fully saturated rings. The van der Waals surface area contributed by atoms with Crippen molar-refractivity contribution in [1.82, 2.24) is 5.32 Å². The Labute approximate surface area is 62.0 Å². The molecule has 0 bridgehead atoms. The number of hydrogen-bond acceptors (Lipinski definition) is 1. The predicted molar refractivity (Wildman–Crippen MR) is 41.5 cm³/mol. The minimum atomic E-state index is -0.318. The van der Waals surface area contributed by atoms with Gasteiger partial charge in [-0.3, -0.25) is 0 Å². The fourth-order valence-electron chi connectivity index (χ4n) is 0.762. The molecule has 0 rings (SSSR count). The van der Waals surface area contributed by atoms with Crippen molar-refractivity contribution in [3.63, 3.8) is 0 Å². The third-order valence-corrected chi connectivity index (χ3v) is 1.38. The minimum absolute atomic E-state index is 0.292. The fourth-order valence-corrected chi connectivity index (χ4v) is 0.762. The third kappa shape index (κ3) is 4.34. The molecule has 0 aromatic heterocycles. The Morgan fingerprint density at radius 3 is 2.80 bits per heavy atom. The lowest BCUT2D eigenvalue weighted by Crippen LogP contribution is -2.29. The lowest BCUT2D eigenvalue weighted by Gasteiger charge is -2.11. The molecule has 0 aliphatic heterocycles. The summed E-state index contributed by atoms with van der Waals surface area (Å²) in [6.07, 6.45) is 6.75. The van der Waals surface area contributed by atoms with Gasteiger partial charge in [-0.15, -0.1) is 12.3 Å². The molecule has 0 amide bonds.